The second kappa shape index (κ2) is 4.74. The molecule has 0 aromatic carbocycles. The summed E-state index contributed by atoms with van der Waals surface area (Å²) in [6, 6.07) is 0.753. The third kappa shape index (κ3) is 2.21. The highest BCUT2D eigenvalue weighted by Crippen LogP contribution is 2.37. The van der Waals surface area contributed by atoms with Crippen LogP contribution in [0.3, 0.4) is 0 Å². The zero-order valence-corrected chi connectivity index (χ0v) is 10.1. The molecule has 5 heteroatoms. The third-order valence-corrected chi connectivity index (χ3v) is 4.14. The Morgan fingerprint density at radius 3 is 3.00 bits per heavy atom. The Morgan fingerprint density at radius 2 is 2.18 bits per heavy atom. The highest BCUT2D eigenvalue weighted by atomic mass is 16.5. The molecule has 3 rings (SSSR count). The maximum Gasteiger partial charge on any atom is 0.240 e. The molecule has 0 radical (unpaired) electrons. The number of fused-ring (bicyclic) bond motifs is 1. The van der Waals surface area contributed by atoms with Gasteiger partial charge in [-0.25, -0.2) is 0 Å². The van der Waals surface area contributed by atoms with Crippen molar-refractivity contribution in [1.82, 2.24) is 15.0 Å². The fraction of sp³-hybridized carbons (Fsp3) is 0.833. The Labute approximate surface area is 101 Å². The first-order chi connectivity index (χ1) is 8.36. The van der Waals surface area contributed by atoms with E-state index in [1.807, 2.05) is 0 Å². The zero-order valence-electron chi connectivity index (χ0n) is 10.1. The van der Waals surface area contributed by atoms with Crippen molar-refractivity contribution in [2.24, 2.45) is 11.7 Å². The van der Waals surface area contributed by atoms with Gasteiger partial charge in [-0.15, -0.1) is 0 Å². The predicted molar refractivity (Wildman–Crippen MR) is 63.0 cm³/mol. The van der Waals surface area contributed by atoms with Crippen molar-refractivity contribution >= 4 is 0 Å². The molecule has 1 saturated carbocycles. The molecule has 94 valence electrons. The lowest BCUT2D eigenvalue weighted by atomic mass is 9.92. The van der Waals surface area contributed by atoms with Gasteiger partial charge in [0, 0.05) is 6.04 Å². The lowest BCUT2D eigenvalue weighted by molar-refractivity contribution is 0.102. The molecule has 0 spiro atoms. The zero-order chi connectivity index (χ0) is 11.7. The van der Waals surface area contributed by atoms with Gasteiger partial charge in [0.25, 0.3) is 0 Å². The van der Waals surface area contributed by atoms with Gasteiger partial charge >= 0.3 is 0 Å². The average Bonchev–Trinajstić information content (AvgIpc) is 2.97. The SMILES string of the molecule is NCc1nc(CN2CCCC3CCCC32)no1. The van der Waals surface area contributed by atoms with Crippen LogP contribution in [-0.4, -0.2) is 27.6 Å². The Morgan fingerprint density at radius 1 is 1.29 bits per heavy atom. The van der Waals surface area contributed by atoms with Crippen molar-refractivity contribution in [3.8, 4) is 0 Å². The molecule has 0 amide bonds. The molecule has 1 saturated heterocycles. The number of aromatic nitrogens is 2. The van der Waals surface area contributed by atoms with Crippen molar-refractivity contribution < 1.29 is 4.52 Å². The van der Waals surface area contributed by atoms with Crippen LogP contribution in [0.2, 0.25) is 0 Å². The second-order valence-electron chi connectivity index (χ2n) is 5.18. The summed E-state index contributed by atoms with van der Waals surface area (Å²) < 4.78 is 5.05. The highest BCUT2D eigenvalue weighted by Gasteiger charge is 2.35. The lowest BCUT2D eigenvalue weighted by Gasteiger charge is -2.36. The van der Waals surface area contributed by atoms with Gasteiger partial charge in [-0.1, -0.05) is 11.6 Å². The van der Waals surface area contributed by atoms with E-state index in [4.69, 9.17) is 10.3 Å². The number of piperidine rings is 1. The maximum atomic E-state index is 5.47. The first-order valence-corrected chi connectivity index (χ1v) is 6.62. The van der Waals surface area contributed by atoms with E-state index < -0.39 is 0 Å². The first kappa shape index (κ1) is 11.2. The van der Waals surface area contributed by atoms with Gasteiger partial charge in [0.1, 0.15) is 0 Å². The second-order valence-corrected chi connectivity index (χ2v) is 5.18. The van der Waals surface area contributed by atoms with Crippen LogP contribution in [0.5, 0.6) is 0 Å². The van der Waals surface area contributed by atoms with E-state index in [1.54, 1.807) is 0 Å². The summed E-state index contributed by atoms with van der Waals surface area (Å²) in [5.74, 6) is 2.24. The van der Waals surface area contributed by atoms with Crippen LogP contribution in [0.1, 0.15) is 43.8 Å². The van der Waals surface area contributed by atoms with Gasteiger partial charge in [-0.3, -0.25) is 4.90 Å². The molecule has 1 aliphatic carbocycles. The molecule has 2 fully saturated rings. The molecule has 1 aromatic rings. The molecular formula is C12H20N4O. The smallest absolute Gasteiger partial charge is 0.240 e. The van der Waals surface area contributed by atoms with Crippen LogP contribution in [0.25, 0.3) is 0 Å². The molecule has 17 heavy (non-hydrogen) atoms. The summed E-state index contributed by atoms with van der Waals surface area (Å²) in [5.41, 5.74) is 5.47. The molecule has 5 nitrogen and oxygen atoms in total. The van der Waals surface area contributed by atoms with Gasteiger partial charge in [0.2, 0.25) is 5.89 Å². The quantitative estimate of drug-likeness (QED) is 0.856. The van der Waals surface area contributed by atoms with E-state index in [0.29, 0.717) is 12.4 Å². The van der Waals surface area contributed by atoms with Gasteiger partial charge < -0.3 is 10.3 Å². The summed E-state index contributed by atoms with van der Waals surface area (Å²) in [5, 5.41) is 3.99. The minimum Gasteiger partial charge on any atom is -0.338 e. The molecular weight excluding hydrogens is 216 g/mol. The molecule has 2 unspecified atom stereocenters. The van der Waals surface area contributed by atoms with E-state index in [2.05, 4.69) is 15.0 Å². The highest BCUT2D eigenvalue weighted by molar-refractivity contribution is 4.93. The first-order valence-electron chi connectivity index (χ1n) is 6.62. The molecule has 2 atom stereocenters. The minimum absolute atomic E-state index is 0.332. The number of hydrogen-bond donors (Lipinski definition) is 1. The van der Waals surface area contributed by atoms with E-state index in [1.165, 1.54) is 38.6 Å². The maximum absolute atomic E-state index is 5.47. The fourth-order valence-electron chi connectivity index (χ4n) is 3.37. The molecule has 2 aliphatic rings. The number of nitrogens with two attached hydrogens (primary N) is 1. The van der Waals surface area contributed by atoms with E-state index in [-0.39, 0.29) is 0 Å². The van der Waals surface area contributed by atoms with E-state index >= 15 is 0 Å². The summed E-state index contributed by atoms with van der Waals surface area (Å²) >= 11 is 0. The average molecular weight is 236 g/mol. The minimum atomic E-state index is 0.332. The van der Waals surface area contributed by atoms with E-state index in [0.717, 1.165) is 24.3 Å². The Balaban J connectivity index is 1.67. The van der Waals surface area contributed by atoms with Crippen LogP contribution in [0.15, 0.2) is 4.52 Å². The number of likely N-dealkylation sites (tertiary alicyclic amines) is 1. The van der Waals surface area contributed by atoms with Crippen molar-refractivity contribution in [3.05, 3.63) is 11.7 Å². The van der Waals surface area contributed by atoms with Crippen LogP contribution < -0.4 is 5.73 Å². The van der Waals surface area contributed by atoms with Gasteiger partial charge in [-0.2, -0.15) is 4.98 Å². The van der Waals surface area contributed by atoms with Gasteiger partial charge in [-0.05, 0) is 38.1 Å². The number of rotatable bonds is 3. The Kier molecular flexibility index (Phi) is 3.11. The fourth-order valence-corrected chi connectivity index (χ4v) is 3.37. The van der Waals surface area contributed by atoms with Crippen LogP contribution >= 0.6 is 0 Å². The molecule has 2 heterocycles. The molecule has 0 bridgehead atoms. The van der Waals surface area contributed by atoms with Crippen molar-refractivity contribution in [2.45, 2.75) is 51.2 Å². The van der Waals surface area contributed by atoms with Crippen LogP contribution in [0, 0.1) is 5.92 Å². The molecule has 2 N–H and O–H groups in total. The monoisotopic (exact) mass is 236 g/mol. The normalized spacial score (nSPS) is 29.5. The third-order valence-electron chi connectivity index (χ3n) is 4.14. The lowest BCUT2D eigenvalue weighted by Crippen LogP contribution is -2.42. The van der Waals surface area contributed by atoms with Crippen LogP contribution in [0.4, 0.5) is 0 Å². The van der Waals surface area contributed by atoms with Crippen molar-refractivity contribution in [2.75, 3.05) is 6.54 Å². The standard InChI is InChI=1S/C12H20N4O/c13-7-12-14-11(15-17-12)8-16-6-2-4-9-3-1-5-10(9)16/h9-10H,1-8,13H2. The van der Waals surface area contributed by atoms with Crippen molar-refractivity contribution in [1.29, 1.82) is 0 Å². The summed E-state index contributed by atoms with van der Waals surface area (Å²) in [6.45, 7) is 2.33. The number of nitrogens with zero attached hydrogens (tertiary/aromatic N) is 3. The molecule has 1 aliphatic heterocycles. The van der Waals surface area contributed by atoms with Gasteiger partial charge in [0.15, 0.2) is 5.82 Å². The summed E-state index contributed by atoms with van der Waals surface area (Å²) in [6.07, 6.45) is 6.84. The number of hydrogen-bond acceptors (Lipinski definition) is 5. The Bertz CT molecular complexity index is 378. The Hall–Kier alpha value is -0.940. The summed E-state index contributed by atoms with van der Waals surface area (Å²) in [4.78, 5) is 6.83. The molecule has 1 aromatic heterocycles. The van der Waals surface area contributed by atoms with Crippen molar-refractivity contribution in [3.63, 3.8) is 0 Å². The summed E-state index contributed by atoms with van der Waals surface area (Å²) in [7, 11) is 0. The predicted octanol–water partition coefficient (Wildman–Crippen LogP) is 1.29. The van der Waals surface area contributed by atoms with E-state index in [9.17, 15) is 0 Å². The largest absolute Gasteiger partial charge is 0.338 e. The van der Waals surface area contributed by atoms with Gasteiger partial charge in [0.05, 0.1) is 13.1 Å². The topological polar surface area (TPSA) is 68.2 Å². The van der Waals surface area contributed by atoms with Crippen LogP contribution in [-0.2, 0) is 13.1 Å².